The van der Waals surface area contributed by atoms with E-state index in [1.165, 1.54) is 12.8 Å². The van der Waals surface area contributed by atoms with Crippen LogP contribution in [0.15, 0.2) is 0 Å². The van der Waals surface area contributed by atoms with Gasteiger partial charge in [0.05, 0.1) is 6.54 Å². The summed E-state index contributed by atoms with van der Waals surface area (Å²) in [5.41, 5.74) is 0. The van der Waals surface area contributed by atoms with E-state index >= 15 is 0 Å². The van der Waals surface area contributed by atoms with Crippen molar-refractivity contribution >= 4 is 5.91 Å². The zero-order chi connectivity index (χ0) is 12.8. The van der Waals surface area contributed by atoms with Crippen LogP contribution in [0.1, 0.15) is 47.0 Å². The highest BCUT2D eigenvalue weighted by Crippen LogP contribution is 2.24. The highest BCUT2D eigenvalue weighted by Gasteiger charge is 2.21. The number of carbonyl (C=O) groups is 1. The molecule has 1 heterocycles. The van der Waals surface area contributed by atoms with Gasteiger partial charge in [-0.05, 0) is 31.1 Å². The fraction of sp³-hybridized carbons (Fsp3) is 0.929. The molecular formula is C14H28N2O. The van der Waals surface area contributed by atoms with E-state index in [1.807, 2.05) is 4.90 Å². The summed E-state index contributed by atoms with van der Waals surface area (Å²) < 4.78 is 0. The van der Waals surface area contributed by atoms with E-state index in [2.05, 4.69) is 33.0 Å². The Labute approximate surface area is 106 Å². The molecule has 1 aliphatic rings. The number of nitrogens with zero attached hydrogens (tertiary/aromatic N) is 1. The van der Waals surface area contributed by atoms with Gasteiger partial charge >= 0.3 is 0 Å². The van der Waals surface area contributed by atoms with Crippen LogP contribution in [0.25, 0.3) is 0 Å². The second kappa shape index (κ2) is 7.00. The lowest BCUT2D eigenvalue weighted by Crippen LogP contribution is -2.40. The summed E-state index contributed by atoms with van der Waals surface area (Å²) >= 11 is 0. The SMILES string of the molecule is CC(C)NCC(=O)N1CCCC(C(C)C)CC1. The van der Waals surface area contributed by atoms with Gasteiger partial charge in [0, 0.05) is 19.1 Å². The topological polar surface area (TPSA) is 32.3 Å². The van der Waals surface area contributed by atoms with Crippen LogP contribution in [0.2, 0.25) is 0 Å². The summed E-state index contributed by atoms with van der Waals surface area (Å²) in [6, 6.07) is 0.384. The molecule has 0 radical (unpaired) electrons. The van der Waals surface area contributed by atoms with Crippen molar-refractivity contribution in [3.8, 4) is 0 Å². The molecule has 3 nitrogen and oxygen atoms in total. The molecule has 1 atom stereocenters. The first kappa shape index (κ1) is 14.5. The molecule has 0 aromatic heterocycles. The number of amides is 1. The molecule has 1 saturated heterocycles. The molecular weight excluding hydrogens is 212 g/mol. The van der Waals surface area contributed by atoms with E-state index in [0.29, 0.717) is 12.6 Å². The summed E-state index contributed by atoms with van der Waals surface area (Å²) in [6.07, 6.45) is 3.61. The molecule has 0 aliphatic carbocycles. The summed E-state index contributed by atoms with van der Waals surface area (Å²) in [4.78, 5) is 14.0. The van der Waals surface area contributed by atoms with Crippen LogP contribution in [0.5, 0.6) is 0 Å². The van der Waals surface area contributed by atoms with E-state index in [9.17, 15) is 4.79 Å². The first-order valence-electron chi connectivity index (χ1n) is 7.02. The van der Waals surface area contributed by atoms with E-state index in [4.69, 9.17) is 0 Å². The van der Waals surface area contributed by atoms with Gasteiger partial charge in [-0.3, -0.25) is 4.79 Å². The van der Waals surface area contributed by atoms with E-state index in [0.717, 1.165) is 31.3 Å². The Morgan fingerprint density at radius 3 is 2.53 bits per heavy atom. The predicted octanol–water partition coefficient (Wildman–Crippen LogP) is 2.27. The molecule has 1 aliphatic heterocycles. The zero-order valence-corrected chi connectivity index (χ0v) is 11.8. The van der Waals surface area contributed by atoms with Crippen LogP contribution in [0, 0.1) is 11.8 Å². The van der Waals surface area contributed by atoms with Crippen molar-refractivity contribution in [2.75, 3.05) is 19.6 Å². The van der Waals surface area contributed by atoms with Gasteiger partial charge < -0.3 is 10.2 Å². The number of rotatable bonds is 4. The average Bonchev–Trinajstić information content (AvgIpc) is 2.51. The Morgan fingerprint density at radius 1 is 1.24 bits per heavy atom. The molecule has 1 unspecified atom stereocenters. The summed E-state index contributed by atoms with van der Waals surface area (Å²) in [7, 11) is 0. The molecule has 0 saturated carbocycles. The second-order valence-corrected chi connectivity index (χ2v) is 5.85. The monoisotopic (exact) mass is 240 g/mol. The highest BCUT2D eigenvalue weighted by molar-refractivity contribution is 5.78. The van der Waals surface area contributed by atoms with Crippen LogP contribution in [-0.4, -0.2) is 36.5 Å². The van der Waals surface area contributed by atoms with Gasteiger partial charge in [0.25, 0.3) is 0 Å². The van der Waals surface area contributed by atoms with Gasteiger partial charge in [0.1, 0.15) is 0 Å². The third kappa shape index (κ3) is 5.07. The standard InChI is InChI=1S/C14H28N2O/c1-11(2)13-6-5-8-16(9-7-13)14(17)10-15-12(3)4/h11-13,15H,5-10H2,1-4H3. The average molecular weight is 240 g/mol. The minimum Gasteiger partial charge on any atom is -0.342 e. The van der Waals surface area contributed by atoms with Crippen molar-refractivity contribution in [2.45, 2.75) is 53.0 Å². The minimum absolute atomic E-state index is 0.267. The fourth-order valence-corrected chi connectivity index (χ4v) is 2.44. The Hall–Kier alpha value is -0.570. The van der Waals surface area contributed by atoms with Crippen molar-refractivity contribution < 1.29 is 4.79 Å². The van der Waals surface area contributed by atoms with Crippen molar-refractivity contribution in [2.24, 2.45) is 11.8 Å². The maximum absolute atomic E-state index is 12.0. The molecule has 0 bridgehead atoms. The van der Waals surface area contributed by atoms with Crippen LogP contribution in [0.4, 0.5) is 0 Å². The number of nitrogens with one attached hydrogen (secondary N) is 1. The molecule has 1 N–H and O–H groups in total. The Kier molecular flexibility index (Phi) is 5.96. The lowest BCUT2D eigenvalue weighted by atomic mass is 9.89. The lowest BCUT2D eigenvalue weighted by Gasteiger charge is -2.22. The molecule has 3 heteroatoms. The normalized spacial score (nSPS) is 22.0. The maximum atomic E-state index is 12.0. The van der Waals surface area contributed by atoms with Crippen LogP contribution >= 0.6 is 0 Å². The third-order valence-corrected chi connectivity index (χ3v) is 3.73. The van der Waals surface area contributed by atoms with Gasteiger partial charge in [-0.15, -0.1) is 0 Å². The fourth-order valence-electron chi connectivity index (χ4n) is 2.44. The zero-order valence-electron chi connectivity index (χ0n) is 11.8. The molecule has 0 aromatic rings. The first-order chi connectivity index (χ1) is 8.00. The summed E-state index contributed by atoms with van der Waals surface area (Å²) in [6.45, 7) is 11.1. The van der Waals surface area contributed by atoms with Crippen LogP contribution in [-0.2, 0) is 4.79 Å². The smallest absolute Gasteiger partial charge is 0.236 e. The molecule has 17 heavy (non-hydrogen) atoms. The molecule has 1 fully saturated rings. The molecule has 0 aromatic carbocycles. The predicted molar refractivity (Wildman–Crippen MR) is 71.9 cm³/mol. The molecule has 1 amide bonds. The quantitative estimate of drug-likeness (QED) is 0.817. The lowest BCUT2D eigenvalue weighted by molar-refractivity contribution is -0.130. The van der Waals surface area contributed by atoms with E-state index in [1.54, 1.807) is 0 Å². The number of hydrogen-bond acceptors (Lipinski definition) is 2. The van der Waals surface area contributed by atoms with Gasteiger partial charge in [-0.2, -0.15) is 0 Å². The van der Waals surface area contributed by atoms with Gasteiger partial charge in [-0.1, -0.05) is 27.7 Å². The Balaban J connectivity index is 2.37. The number of likely N-dealkylation sites (tertiary alicyclic amines) is 1. The van der Waals surface area contributed by atoms with Gasteiger partial charge in [0.2, 0.25) is 5.91 Å². The Bertz CT molecular complexity index is 238. The second-order valence-electron chi connectivity index (χ2n) is 5.85. The minimum atomic E-state index is 0.267. The molecule has 1 rings (SSSR count). The summed E-state index contributed by atoms with van der Waals surface area (Å²) in [5, 5.41) is 3.21. The van der Waals surface area contributed by atoms with Gasteiger partial charge in [-0.25, -0.2) is 0 Å². The van der Waals surface area contributed by atoms with Crippen molar-refractivity contribution in [3.63, 3.8) is 0 Å². The van der Waals surface area contributed by atoms with Crippen LogP contribution in [0.3, 0.4) is 0 Å². The highest BCUT2D eigenvalue weighted by atomic mass is 16.2. The van der Waals surface area contributed by atoms with E-state index in [-0.39, 0.29) is 5.91 Å². The maximum Gasteiger partial charge on any atom is 0.236 e. The van der Waals surface area contributed by atoms with Crippen LogP contribution < -0.4 is 5.32 Å². The van der Waals surface area contributed by atoms with Crippen molar-refractivity contribution in [3.05, 3.63) is 0 Å². The molecule has 100 valence electrons. The van der Waals surface area contributed by atoms with E-state index < -0.39 is 0 Å². The summed E-state index contributed by atoms with van der Waals surface area (Å²) in [5.74, 6) is 1.81. The number of carbonyl (C=O) groups excluding carboxylic acids is 1. The van der Waals surface area contributed by atoms with Gasteiger partial charge in [0.15, 0.2) is 0 Å². The Morgan fingerprint density at radius 2 is 1.94 bits per heavy atom. The van der Waals surface area contributed by atoms with Crippen molar-refractivity contribution in [1.29, 1.82) is 0 Å². The largest absolute Gasteiger partial charge is 0.342 e. The number of hydrogen-bond donors (Lipinski definition) is 1. The molecule has 0 spiro atoms. The van der Waals surface area contributed by atoms with Crippen molar-refractivity contribution in [1.82, 2.24) is 10.2 Å². The first-order valence-corrected chi connectivity index (χ1v) is 7.02. The third-order valence-electron chi connectivity index (χ3n) is 3.73.